The van der Waals surface area contributed by atoms with Gasteiger partial charge >= 0.3 is 0 Å². The van der Waals surface area contributed by atoms with E-state index in [2.05, 4.69) is 37.9 Å². The predicted molar refractivity (Wildman–Crippen MR) is 66.1 cm³/mol. The molecule has 1 amide bonds. The van der Waals surface area contributed by atoms with Gasteiger partial charge in [-0.25, -0.2) is 0 Å². The van der Waals surface area contributed by atoms with Crippen LogP contribution in [0.3, 0.4) is 0 Å². The summed E-state index contributed by atoms with van der Waals surface area (Å²) >= 11 is 0. The molecular formula is C12H25N3O. The van der Waals surface area contributed by atoms with Crippen molar-refractivity contribution in [1.29, 1.82) is 0 Å². The molecule has 16 heavy (non-hydrogen) atoms. The minimum Gasteiger partial charge on any atom is -0.355 e. The van der Waals surface area contributed by atoms with E-state index < -0.39 is 0 Å². The average Bonchev–Trinajstić information content (AvgIpc) is 2.28. The zero-order valence-corrected chi connectivity index (χ0v) is 10.9. The molecule has 1 heterocycles. The number of hydrogen-bond acceptors (Lipinski definition) is 3. The topological polar surface area (TPSA) is 58.4 Å². The minimum atomic E-state index is 0.119. The van der Waals surface area contributed by atoms with Crippen molar-refractivity contribution in [3.63, 3.8) is 0 Å². The molecule has 4 nitrogen and oxygen atoms in total. The van der Waals surface area contributed by atoms with Crippen molar-refractivity contribution >= 4 is 5.91 Å². The SMILES string of the molecule is CC(N)C(N1CCNC(=O)CC1)C(C)(C)C. The lowest BCUT2D eigenvalue weighted by atomic mass is 9.81. The Kier molecular flexibility index (Phi) is 4.33. The molecule has 94 valence electrons. The molecule has 1 rings (SSSR count). The quantitative estimate of drug-likeness (QED) is 0.725. The van der Waals surface area contributed by atoms with Gasteiger partial charge < -0.3 is 11.1 Å². The minimum absolute atomic E-state index is 0.119. The first-order valence-corrected chi connectivity index (χ1v) is 6.08. The fourth-order valence-electron chi connectivity index (χ4n) is 2.73. The first kappa shape index (κ1) is 13.5. The normalized spacial score (nSPS) is 23.4. The lowest BCUT2D eigenvalue weighted by Crippen LogP contribution is -2.54. The molecule has 1 aliphatic rings. The highest BCUT2D eigenvalue weighted by Crippen LogP contribution is 2.26. The van der Waals surface area contributed by atoms with Crippen molar-refractivity contribution in [2.75, 3.05) is 19.6 Å². The summed E-state index contributed by atoms with van der Waals surface area (Å²) in [6, 6.07) is 0.438. The molecule has 3 N–H and O–H groups in total. The van der Waals surface area contributed by atoms with Crippen LogP contribution < -0.4 is 11.1 Å². The third-order valence-electron chi connectivity index (χ3n) is 3.13. The molecule has 4 heteroatoms. The van der Waals surface area contributed by atoms with Crippen molar-refractivity contribution < 1.29 is 4.79 Å². The summed E-state index contributed by atoms with van der Waals surface area (Å²) in [6.45, 7) is 11.1. The predicted octanol–water partition coefficient (Wildman–Crippen LogP) is 0.570. The van der Waals surface area contributed by atoms with E-state index in [1.807, 2.05) is 0 Å². The van der Waals surface area contributed by atoms with Crippen LogP contribution in [0, 0.1) is 5.41 Å². The van der Waals surface area contributed by atoms with Crippen molar-refractivity contribution in [1.82, 2.24) is 10.2 Å². The van der Waals surface area contributed by atoms with Crippen LogP contribution in [-0.2, 0) is 4.79 Å². The Bertz CT molecular complexity index is 245. The van der Waals surface area contributed by atoms with Gasteiger partial charge in [0, 0.05) is 38.1 Å². The lowest BCUT2D eigenvalue weighted by molar-refractivity contribution is -0.120. The summed E-state index contributed by atoms with van der Waals surface area (Å²) in [5.41, 5.74) is 6.23. The number of amides is 1. The highest BCUT2D eigenvalue weighted by molar-refractivity contribution is 5.76. The average molecular weight is 227 g/mol. The summed E-state index contributed by atoms with van der Waals surface area (Å²) in [5, 5.41) is 2.90. The van der Waals surface area contributed by atoms with Gasteiger partial charge in [-0.15, -0.1) is 0 Å². The number of hydrogen-bond donors (Lipinski definition) is 2. The Hall–Kier alpha value is -0.610. The standard InChI is InChI=1S/C12H25N3O/c1-9(13)11(12(2,3)4)15-7-5-10(16)14-6-8-15/h9,11H,5-8,13H2,1-4H3,(H,14,16). The van der Waals surface area contributed by atoms with Crippen molar-refractivity contribution in [2.24, 2.45) is 11.1 Å². The highest BCUT2D eigenvalue weighted by Gasteiger charge is 2.33. The summed E-state index contributed by atoms with van der Waals surface area (Å²) in [6.07, 6.45) is 0.583. The number of nitrogens with two attached hydrogens (primary N) is 1. The monoisotopic (exact) mass is 227 g/mol. The summed E-state index contributed by atoms with van der Waals surface area (Å²) < 4.78 is 0. The molecule has 0 spiro atoms. The first-order chi connectivity index (χ1) is 7.32. The van der Waals surface area contributed by atoms with Crippen LogP contribution in [0.25, 0.3) is 0 Å². The van der Waals surface area contributed by atoms with Gasteiger partial charge in [-0.05, 0) is 12.3 Å². The molecular weight excluding hydrogens is 202 g/mol. The van der Waals surface area contributed by atoms with E-state index in [4.69, 9.17) is 5.73 Å². The Balaban J connectivity index is 2.74. The molecule has 0 radical (unpaired) electrons. The van der Waals surface area contributed by atoms with E-state index in [0.717, 1.165) is 19.6 Å². The Morgan fingerprint density at radius 3 is 2.50 bits per heavy atom. The van der Waals surface area contributed by atoms with Gasteiger partial charge in [0.2, 0.25) is 5.91 Å². The van der Waals surface area contributed by atoms with E-state index in [-0.39, 0.29) is 17.4 Å². The van der Waals surface area contributed by atoms with Gasteiger partial charge in [0.1, 0.15) is 0 Å². The van der Waals surface area contributed by atoms with E-state index in [0.29, 0.717) is 12.5 Å². The molecule has 1 fully saturated rings. The fourth-order valence-corrected chi connectivity index (χ4v) is 2.73. The van der Waals surface area contributed by atoms with Gasteiger partial charge in [0.25, 0.3) is 0 Å². The van der Waals surface area contributed by atoms with Crippen LogP contribution in [0.1, 0.15) is 34.1 Å². The van der Waals surface area contributed by atoms with Gasteiger partial charge in [-0.1, -0.05) is 20.8 Å². The molecule has 2 unspecified atom stereocenters. The van der Waals surface area contributed by atoms with Gasteiger partial charge in [-0.3, -0.25) is 9.69 Å². The smallest absolute Gasteiger partial charge is 0.221 e. The Morgan fingerprint density at radius 2 is 2.00 bits per heavy atom. The van der Waals surface area contributed by atoms with Gasteiger partial charge in [0.05, 0.1) is 0 Å². The Morgan fingerprint density at radius 1 is 1.38 bits per heavy atom. The molecule has 0 aromatic rings. The molecule has 0 aromatic heterocycles. The van der Waals surface area contributed by atoms with E-state index >= 15 is 0 Å². The van der Waals surface area contributed by atoms with Gasteiger partial charge in [-0.2, -0.15) is 0 Å². The molecule has 0 saturated carbocycles. The number of nitrogens with one attached hydrogen (secondary N) is 1. The van der Waals surface area contributed by atoms with Crippen molar-refractivity contribution in [3.05, 3.63) is 0 Å². The first-order valence-electron chi connectivity index (χ1n) is 6.08. The molecule has 0 bridgehead atoms. The number of carbonyl (C=O) groups excluding carboxylic acids is 1. The molecule has 1 saturated heterocycles. The third kappa shape index (κ3) is 3.46. The Labute approximate surface area is 98.6 Å². The molecule has 2 atom stereocenters. The van der Waals surface area contributed by atoms with E-state index in [1.54, 1.807) is 0 Å². The largest absolute Gasteiger partial charge is 0.355 e. The zero-order chi connectivity index (χ0) is 12.3. The molecule has 0 aliphatic carbocycles. The van der Waals surface area contributed by atoms with Crippen LogP contribution in [0.4, 0.5) is 0 Å². The number of nitrogens with zero attached hydrogens (tertiary/aromatic N) is 1. The van der Waals surface area contributed by atoms with Crippen LogP contribution in [0.2, 0.25) is 0 Å². The number of rotatable bonds is 2. The van der Waals surface area contributed by atoms with Gasteiger partial charge in [0.15, 0.2) is 0 Å². The summed E-state index contributed by atoms with van der Waals surface area (Å²) in [4.78, 5) is 13.7. The van der Waals surface area contributed by atoms with Crippen LogP contribution >= 0.6 is 0 Å². The second-order valence-corrected chi connectivity index (χ2v) is 5.81. The van der Waals surface area contributed by atoms with Crippen molar-refractivity contribution in [2.45, 2.75) is 46.2 Å². The van der Waals surface area contributed by atoms with E-state index in [9.17, 15) is 4.79 Å². The lowest BCUT2D eigenvalue weighted by Gasteiger charge is -2.42. The summed E-state index contributed by atoms with van der Waals surface area (Å²) in [7, 11) is 0. The maximum absolute atomic E-state index is 11.3. The van der Waals surface area contributed by atoms with Crippen LogP contribution in [0.5, 0.6) is 0 Å². The second kappa shape index (κ2) is 5.15. The van der Waals surface area contributed by atoms with Crippen LogP contribution in [0.15, 0.2) is 0 Å². The second-order valence-electron chi connectivity index (χ2n) is 5.81. The molecule has 0 aromatic carbocycles. The zero-order valence-electron chi connectivity index (χ0n) is 10.9. The highest BCUT2D eigenvalue weighted by atomic mass is 16.1. The van der Waals surface area contributed by atoms with Crippen molar-refractivity contribution in [3.8, 4) is 0 Å². The third-order valence-corrected chi connectivity index (χ3v) is 3.13. The maximum atomic E-state index is 11.3. The maximum Gasteiger partial charge on any atom is 0.221 e. The number of carbonyl (C=O) groups is 1. The molecule has 1 aliphatic heterocycles. The van der Waals surface area contributed by atoms with E-state index in [1.165, 1.54) is 0 Å². The fraction of sp³-hybridized carbons (Fsp3) is 0.917. The summed E-state index contributed by atoms with van der Waals surface area (Å²) in [5.74, 6) is 0.153. The van der Waals surface area contributed by atoms with Crippen LogP contribution in [-0.4, -0.2) is 42.5 Å².